The van der Waals surface area contributed by atoms with Crippen molar-refractivity contribution < 1.29 is 5.11 Å². The molecule has 17 heavy (non-hydrogen) atoms. The minimum atomic E-state index is -0.130. The summed E-state index contributed by atoms with van der Waals surface area (Å²) < 4.78 is 0. The summed E-state index contributed by atoms with van der Waals surface area (Å²) in [5, 5.41) is 13.0. The summed E-state index contributed by atoms with van der Waals surface area (Å²) in [5.41, 5.74) is -0.130. The second kappa shape index (κ2) is 6.72. The number of nitrogens with one attached hydrogen (secondary N) is 1. The SMILES string of the molecule is CC1CCCN(CCC(C)(CO)NC(C)C)C1. The van der Waals surface area contributed by atoms with Crippen molar-refractivity contribution in [1.82, 2.24) is 10.2 Å². The van der Waals surface area contributed by atoms with Crippen LogP contribution in [0.2, 0.25) is 0 Å². The Morgan fingerprint density at radius 2 is 2.18 bits per heavy atom. The van der Waals surface area contributed by atoms with Gasteiger partial charge < -0.3 is 15.3 Å². The molecule has 2 unspecified atom stereocenters. The van der Waals surface area contributed by atoms with Crippen LogP contribution in [0, 0.1) is 5.92 Å². The fourth-order valence-corrected chi connectivity index (χ4v) is 2.79. The summed E-state index contributed by atoms with van der Waals surface area (Å²) in [7, 11) is 0. The second-order valence-corrected chi connectivity index (χ2v) is 6.32. The van der Waals surface area contributed by atoms with E-state index in [0.717, 1.165) is 18.9 Å². The molecule has 0 aliphatic carbocycles. The Balaban J connectivity index is 2.36. The van der Waals surface area contributed by atoms with Crippen LogP contribution in [0.5, 0.6) is 0 Å². The Labute approximate surface area is 107 Å². The van der Waals surface area contributed by atoms with Gasteiger partial charge in [0.2, 0.25) is 0 Å². The van der Waals surface area contributed by atoms with Crippen LogP contribution < -0.4 is 5.32 Å². The van der Waals surface area contributed by atoms with E-state index in [1.54, 1.807) is 0 Å². The van der Waals surface area contributed by atoms with Crippen molar-refractivity contribution >= 4 is 0 Å². The average molecular weight is 242 g/mol. The zero-order valence-corrected chi connectivity index (χ0v) is 12.0. The van der Waals surface area contributed by atoms with Crippen LogP contribution in [0.4, 0.5) is 0 Å². The van der Waals surface area contributed by atoms with E-state index in [1.807, 2.05) is 0 Å². The highest BCUT2D eigenvalue weighted by molar-refractivity contribution is 4.85. The normalized spacial score (nSPS) is 26.1. The summed E-state index contributed by atoms with van der Waals surface area (Å²) in [4.78, 5) is 2.55. The fourth-order valence-electron chi connectivity index (χ4n) is 2.79. The minimum absolute atomic E-state index is 0.130. The monoisotopic (exact) mass is 242 g/mol. The van der Waals surface area contributed by atoms with E-state index in [0.29, 0.717) is 6.04 Å². The van der Waals surface area contributed by atoms with Gasteiger partial charge in [0.1, 0.15) is 0 Å². The topological polar surface area (TPSA) is 35.5 Å². The summed E-state index contributed by atoms with van der Waals surface area (Å²) in [6, 6.07) is 0.424. The van der Waals surface area contributed by atoms with Crippen LogP contribution >= 0.6 is 0 Å². The Morgan fingerprint density at radius 3 is 2.71 bits per heavy atom. The molecular weight excluding hydrogens is 212 g/mol. The third kappa shape index (κ3) is 5.36. The zero-order valence-electron chi connectivity index (χ0n) is 12.0. The van der Waals surface area contributed by atoms with Crippen molar-refractivity contribution in [3.63, 3.8) is 0 Å². The van der Waals surface area contributed by atoms with Gasteiger partial charge in [-0.1, -0.05) is 20.8 Å². The smallest absolute Gasteiger partial charge is 0.0611 e. The predicted octanol–water partition coefficient (Wildman–Crippen LogP) is 1.86. The molecule has 102 valence electrons. The predicted molar refractivity (Wildman–Crippen MR) is 73.2 cm³/mol. The van der Waals surface area contributed by atoms with Gasteiger partial charge in [0.05, 0.1) is 6.61 Å². The first kappa shape index (κ1) is 14.9. The van der Waals surface area contributed by atoms with Gasteiger partial charge in [-0.25, -0.2) is 0 Å². The highest BCUT2D eigenvalue weighted by Crippen LogP contribution is 2.18. The molecule has 0 bridgehead atoms. The van der Waals surface area contributed by atoms with Gasteiger partial charge in [-0.3, -0.25) is 0 Å². The molecule has 0 aromatic carbocycles. The van der Waals surface area contributed by atoms with Crippen LogP contribution in [0.15, 0.2) is 0 Å². The molecular formula is C14H30N2O. The Bertz CT molecular complexity index is 220. The number of aliphatic hydroxyl groups excluding tert-OH is 1. The van der Waals surface area contributed by atoms with Crippen LogP contribution in [0.1, 0.15) is 47.0 Å². The molecule has 0 spiro atoms. The van der Waals surface area contributed by atoms with E-state index < -0.39 is 0 Å². The lowest BCUT2D eigenvalue weighted by Gasteiger charge is -2.36. The van der Waals surface area contributed by atoms with Gasteiger partial charge in [-0.2, -0.15) is 0 Å². The number of hydrogen-bond donors (Lipinski definition) is 2. The molecule has 0 aromatic heterocycles. The Kier molecular flexibility index (Phi) is 5.90. The first-order chi connectivity index (χ1) is 7.95. The van der Waals surface area contributed by atoms with E-state index in [1.165, 1.54) is 25.9 Å². The first-order valence-corrected chi connectivity index (χ1v) is 7.06. The van der Waals surface area contributed by atoms with E-state index in [2.05, 4.69) is 37.9 Å². The highest BCUT2D eigenvalue weighted by atomic mass is 16.3. The molecule has 0 aromatic rings. The van der Waals surface area contributed by atoms with Crippen LogP contribution in [0.3, 0.4) is 0 Å². The van der Waals surface area contributed by atoms with Crippen molar-refractivity contribution in [3.05, 3.63) is 0 Å². The minimum Gasteiger partial charge on any atom is -0.394 e. The standard InChI is InChI=1S/C14H30N2O/c1-12(2)15-14(4,11-17)7-9-16-8-5-6-13(3)10-16/h12-13,15,17H,5-11H2,1-4H3. The van der Waals surface area contributed by atoms with E-state index in [4.69, 9.17) is 0 Å². The molecule has 1 rings (SSSR count). The van der Waals surface area contributed by atoms with E-state index >= 15 is 0 Å². The van der Waals surface area contributed by atoms with Crippen molar-refractivity contribution in [2.24, 2.45) is 5.92 Å². The van der Waals surface area contributed by atoms with Gasteiger partial charge in [0.15, 0.2) is 0 Å². The molecule has 0 saturated carbocycles. The van der Waals surface area contributed by atoms with Gasteiger partial charge in [-0.15, -0.1) is 0 Å². The third-order valence-electron chi connectivity index (χ3n) is 3.71. The molecule has 0 amide bonds. The molecule has 1 saturated heterocycles. The molecule has 1 fully saturated rings. The van der Waals surface area contributed by atoms with Crippen molar-refractivity contribution in [1.29, 1.82) is 0 Å². The lowest BCUT2D eigenvalue weighted by Crippen LogP contribution is -2.51. The number of nitrogens with zero attached hydrogens (tertiary/aromatic N) is 1. The van der Waals surface area contributed by atoms with Crippen LogP contribution in [-0.4, -0.2) is 47.8 Å². The molecule has 3 nitrogen and oxygen atoms in total. The van der Waals surface area contributed by atoms with Crippen molar-refractivity contribution in [2.75, 3.05) is 26.2 Å². The zero-order chi connectivity index (χ0) is 12.9. The molecule has 1 heterocycles. The number of hydrogen-bond acceptors (Lipinski definition) is 3. The maximum absolute atomic E-state index is 9.53. The third-order valence-corrected chi connectivity index (χ3v) is 3.71. The molecule has 0 radical (unpaired) electrons. The summed E-state index contributed by atoms with van der Waals surface area (Å²) in [6.45, 7) is 12.5. The van der Waals surface area contributed by atoms with Gasteiger partial charge >= 0.3 is 0 Å². The lowest BCUT2D eigenvalue weighted by atomic mass is 9.95. The van der Waals surface area contributed by atoms with Gasteiger partial charge in [-0.05, 0) is 45.2 Å². The molecule has 1 aliphatic heterocycles. The fraction of sp³-hybridized carbons (Fsp3) is 1.00. The number of piperidine rings is 1. The maximum atomic E-state index is 9.53. The van der Waals surface area contributed by atoms with Gasteiger partial charge in [0, 0.05) is 18.1 Å². The molecule has 1 aliphatic rings. The van der Waals surface area contributed by atoms with E-state index in [9.17, 15) is 5.11 Å². The number of rotatable bonds is 6. The largest absolute Gasteiger partial charge is 0.394 e. The number of aliphatic hydroxyl groups is 1. The average Bonchev–Trinajstić information content (AvgIpc) is 2.26. The van der Waals surface area contributed by atoms with Crippen molar-refractivity contribution in [2.45, 2.75) is 58.5 Å². The molecule has 2 N–H and O–H groups in total. The lowest BCUT2D eigenvalue weighted by molar-refractivity contribution is 0.121. The summed E-state index contributed by atoms with van der Waals surface area (Å²) in [5.74, 6) is 0.835. The van der Waals surface area contributed by atoms with Crippen LogP contribution in [0.25, 0.3) is 0 Å². The maximum Gasteiger partial charge on any atom is 0.0611 e. The summed E-state index contributed by atoms with van der Waals surface area (Å²) in [6.07, 6.45) is 3.72. The van der Waals surface area contributed by atoms with E-state index in [-0.39, 0.29) is 12.1 Å². The Morgan fingerprint density at radius 1 is 1.47 bits per heavy atom. The Hall–Kier alpha value is -0.120. The molecule has 3 heteroatoms. The summed E-state index contributed by atoms with van der Waals surface area (Å²) >= 11 is 0. The van der Waals surface area contributed by atoms with Crippen LogP contribution in [-0.2, 0) is 0 Å². The molecule has 2 atom stereocenters. The van der Waals surface area contributed by atoms with Gasteiger partial charge in [0.25, 0.3) is 0 Å². The first-order valence-electron chi connectivity index (χ1n) is 7.06. The van der Waals surface area contributed by atoms with Crippen molar-refractivity contribution in [3.8, 4) is 0 Å². The quantitative estimate of drug-likeness (QED) is 0.746. The second-order valence-electron chi connectivity index (χ2n) is 6.32. The highest BCUT2D eigenvalue weighted by Gasteiger charge is 2.25. The number of likely N-dealkylation sites (tertiary alicyclic amines) is 1.